The molecular weight excluding hydrogens is 163 g/mol. The van der Waals surface area contributed by atoms with Crippen LogP contribution in [0.2, 0.25) is 0 Å². The quantitative estimate of drug-likeness (QED) is 0.567. The van der Waals surface area contributed by atoms with Crippen molar-refractivity contribution in [1.29, 1.82) is 0 Å². The third-order valence-corrected chi connectivity index (χ3v) is 3.13. The van der Waals surface area contributed by atoms with Crippen LogP contribution in [-0.2, 0) is 0 Å². The Bertz CT molecular complexity index is 308. The standard InChI is InChI=1S/C12H15F/c1-7-4-8(2)11-6-12(13)9(3)5-10(7)11/h5-8H,4H2,1-3H3. The summed E-state index contributed by atoms with van der Waals surface area (Å²) in [4.78, 5) is 0. The smallest absolute Gasteiger partial charge is 0.126 e. The topological polar surface area (TPSA) is 0 Å². The van der Waals surface area contributed by atoms with Crippen LogP contribution in [0, 0.1) is 12.7 Å². The highest BCUT2D eigenvalue weighted by Gasteiger charge is 2.25. The lowest BCUT2D eigenvalue weighted by atomic mass is 10.0. The summed E-state index contributed by atoms with van der Waals surface area (Å²) in [6.45, 7) is 6.24. The Labute approximate surface area is 78.8 Å². The van der Waals surface area contributed by atoms with Crippen LogP contribution in [0.1, 0.15) is 48.8 Å². The Morgan fingerprint density at radius 1 is 1.15 bits per heavy atom. The molecule has 1 aromatic carbocycles. The number of benzene rings is 1. The zero-order valence-corrected chi connectivity index (χ0v) is 8.39. The van der Waals surface area contributed by atoms with E-state index in [1.54, 1.807) is 6.07 Å². The van der Waals surface area contributed by atoms with E-state index in [4.69, 9.17) is 0 Å². The highest BCUT2D eigenvalue weighted by molar-refractivity contribution is 5.40. The molecule has 13 heavy (non-hydrogen) atoms. The second kappa shape index (κ2) is 2.83. The fourth-order valence-electron chi connectivity index (χ4n) is 2.36. The summed E-state index contributed by atoms with van der Waals surface area (Å²) >= 11 is 0. The van der Waals surface area contributed by atoms with Crippen molar-refractivity contribution in [1.82, 2.24) is 0 Å². The van der Waals surface area contributed by atoms with Crippen molar-refractivity contribution >= 4 is 0 Å². The molecule has 1 aromatic rings. The number of aryl methyl sites for hydroxylation is 1. The molecule has 0 fully saturated rings. The Hall–Kier alpha value is -0.850. The van der Waals surface area contributed by atoms with Gasteiger partial charge in [-0.3, -0.25) is 0 Å². The van der Waals surface area contributed by atoms with E-state index in [0.29, 0.717) is 11.8 Å². The molecule has 0 saturated carbocycles. The fraction of sp³-hybridized carbons (Fsp3) is 0.500. The lowest BCUT2D eigenvalue weighted by Crippen LogP contribution is -1.92. The summed E-state index contributed by atoms with van der Waals surface area (Å²) in [5.41, 5.74) is 3.35. The van der Waals surface area contributed by atoms with Gasteiger partial charge in [0, 0.05) is 0 Å². The zero-order chi connectivity index (χ0) is 9.59. The molecular formula is C12H15F. The third kappa shape index (κ3) is 1.27. The maximum Gasteiger partial charge on any atom is 0.126 e. The normalized spacial score (nSPS) is 26.2. The summed E-state index contributed by atoms with van der Waals surface area (Å²) in [6, 6.07) is 3.73. The lowest BCUT2D eigenvalue weighted by Gasteiger charge is -2.06. The average Bonchev–Trinajstić information content (AvgIpc) is 2.31. The second-order valence-corrected chi connectivity index (χ2v) is 4.27. The highest BCUT2D eigenvalue weighted by Crippen LogP contribution is 2.41. The van der Waals surface area contributed by atoms with E-state index >= 15 is 0 Å². The Kier molecular flexibility index (Phi) is 1.90. The van der Waals surface area contributed by atoms with E-state index in [2.05, 4.69) is 13.8 Å². The van der Waals surface area contributed by atoms with Gasteiger partial charge in [-0.25, -0.2) is 4.39 Å². The van der Waals surface area contributed by atoms with Gasteiger partial charge in [0.25, 0.3) is 0 Å². The van der Waals surface area contributed by atoms with Crippen molar-refractivity contribution in [2.24, 2.45) is 0 Å². The molecule has 1 heteroatoms. The van der Waals surface area contributed by atoms with E-state index in [1.165, 1.54) is 11.1 Å². The maximum absolute atomic E-state index is 13.3. The number of hydrogen-bond acceptors (Lipinski definition) is 0. The molecule has 70 valence electrons. The molecule has 0 aromatic heterocycles. The van der Waals surface area contributed by atoms with Gasteiger partial charge in [0.05, 0.1) is 0 Å². The Morgan fingerprint density at radius 2 is 1.69 bits per heavy atom. The Balaban J connectivity index is 2.58. The average molecular weight is 178 g/mol. The predicted molar refractivity (Wildman–Crippen MR) is 52.6 cm³/mol. The molecule has 0 N–H and O–H groups in total. The van der Waals surface area contributed by atoms with Crippen molar-refractivity contribution < 1.29 is 4.39 Å². The molecule has 1 aliphatic carbocycles. The van der Waals surface area contributed by atoms with E-state index in [0.717, 1.165) is 12.0 Å². The summed E-state index contributed by atoms with van der Waals surface area (Å²) in [6.07, 6.45) is 1.16. The minimum Gasteiger partial charge on any atom is -0.207 e. The largest absolute Gasteiger partial charge is 0.207 e. The van der Waals surface area contributed by atoms with Crippen molar-refractivity contribution in [3.8, 4) is 0 Å². The summed E-state index contributed by atoms with van der Waals surface area (Å²) in [5.74, 6) is 1.07. The third-order valence-electron chi connectivity index (χ3n) is 3.13. The molecule has 2 atom stereocenters. The maximum atomic E-state index is 13.3. The monoisotopic (exact) mass is 178 g/mol. The number of hydrogen-bond donors (Lipinski definition) is 0. The predicted octanol–water partition coefficient (Wildman–Crippen LogP) is 3.74. The van der Waals surface area contributed by atoms with Gasteiger partial charge in [-0.2, -0.15) is 0 Å². The fourth-order valence-corrected chi connectivity index (χ4v) is 2.36. The minimum atomic E-state index is -0.0558. The molecule has 1 aliphatic rings. The first-order valence-corrected chi connectivity index (χ1v) is 4.89. The molecule has 2 rings (SSSR count). The van der Waals surface area contributed by atoms with Crippen molar-refractivity contribution in [3.63, 3.8) is 0 Å². The van der Waals surface area contributed by atoms with Gasteiger partial charge in [-0.05, 0) is 47.9 Å². The van der Waals surface area contributed by atoms with Gasteiger partial charge < -0.3 is 0 Å². The molecule has 0 aliphatic heterocycles. The van der Waals surface area contributed by atoms with Gasteiger partial charge in [0.2, 0.25) is 0 Å². The first kappa shape index (κ1) is 8.74. The van der Waals surface area contributed by atoms with Crippen molar-refractivity contribution in [3.05, 3.63) is 34.6 Å². The Morgan fingerprint density at radius 3 is 2.31 bits per heavy atom. The highest BCUT2D eigenvalue weighted by atomic mass is 19.1. The van der Waals surface area contributed by atoms with E-state index in [-0.39, 0.29) is 5.82 Å². The van der Waals surface area contributed by atoms with E-state index in [9.17, 15) is 4.39 Å². The van der Waals surface area contributed by atoms with Crippen LogP contribution in [0.15, 0.2) is 12.1 Å². The molecule has 0 bridgehead atoms. The van der Waals surface area contributed by atoms with Gasteiger partial charge in [-0.1, -0.05) is 19.9 Å². The van der Waals surface area contributed by atoms with Crippen LogP contribution in [0.3, 0.4) is 0 Å². The van der Waals surface area contributed by atoms with Crippen LogP contribution in [0.5, 0.6) is 0 Å². The van der Waals surface area contributed by atoms with E-state index in [1.807, 2.05) is 13.0 Å². The first-order chi connectivity index (χ1) is 6.09. The van der Waals surface area contributed by atoms with Crippen LogP contribution < -0.4 is 0 Å². The molecule has 0 spiro atoms. The zero-order valence-electron chi connectivity index (χ0n) is 8.39. The molecule has 0 nitrogen and oxygen atoms in total. The van der Waals surface area contributed by atoms with Gasteiger partial charge >= 0.3 is 0 Å². The van der Waals surface area contributed by atoms with Crippen LogP contribution in [0.4, 0.5) is 4.39 Å². The van der Waals surface area contributed by atoms with Crippen molar-refractivity contribution in [2.45, 2.75) is 39.0 Å². The van der Waals surface area contributed by atoms with Gasteiger partial charge in [-0.15, -0.1) is 0 Å². The second-order valence-electron chi connectivity index (χ2n) is 4.27. The van der Waals surface area contributed by atoms with Crippen molar-refractivity contribution in [2.75, 3.05) is 0 Å². The minimum absolute atomic E-state index is 0.0558. The summed E-state index contributed by atoms with van der Waals surface area (Å²) < 4.78 is 13.3. The van der Waals surface area contributed by atoms with Crippen LogP contribution in [-0.4, -0.2) is 0 Å². The molecule has 0 saturated heterocycles. The first-order valence-electron chi connectivity index (χ1n) is 4.89. The molecule has 0 heterocycles. The van der Waals surface area contributed by atoms with Gasteiger partial charge in [0.15, 0.2) is 0 Å². The molecule has 2 unspecified atom stereocenters. The number of rotatable bonds is 0. The van der Waals surface area contributed by atoms with Crippen LogP contribution in [0.25, 0.3) is 0 Å². The SMILES string of the molecule is Cc1cc2c(cc1F)C(C)CC2C. The lowest BCUT2D eigenvalue weighted by molar-refractivity contribution is 0.614. The van der Waals surface area contributed by atoms with Gasteiger partial charge in [0.1, 0.15) is 5.82 Å². The number of fused-ring (bicyclic) bond motifs is 1. The summed E-state index contributed by atoms with van der Waals surface area (Å²) in [7, 11) is 0. The molecule has 0 amide bonds. The summed E-state index contributed by atoms with van der Waals surface area (Å²) in [5, 5.41) is 0. The molecule has 0 radical (unpaired) electrons. The number of halogens is 1. The van der Waals surface area contributed by atoms with Crippen LogP contribution >= 0.6 is 0 Å². The van der Waals surface area contributed by atoms with E-state index < -0.39 is 0 Å².